The first-order valence-corrected chi connectivity index (χ1v) is 14.5. The maximum Gasteiger partial charge on any atom is 0.471 e. The molecule has 246 valence electrons. The summed E-state index contributed by atoms with van der Waals surface area (Å²) in [5, 5.41) is 20.1. The zero-order chi connectivity index (χ0) is 34.6. The highest BCUT2D eigenvalue weighted by molar-refractivity contribution is 8.01. The Hall–Kier alpha value is -5.23. The summed E-state index contributed by atoms with van der Waals surface area (Å²) in [4.78, 5) is 85.6. The summed E-state index contributed by atoms with van der Waals surface area (Å²) in [6.45, 7) is 3.19. The number of carboxylic acids is 1. The minimum absolute atomic E-state index is 0.123. The van der Waals surface area contributed by atoms with Crippen LogP contribution in [0.15, 0.2) is 59.5 Å². The number of β-lactam (4-membered cyclic amide) rings is 1. The van der Waals surface area contributed by atoms with Crippen LogP contribution in [0.2, 0.25) is 0 Å². The van der Waals surface area contributed by atoms with Crippen LogP contribution in [-0.4, -0.2) is 88.0 Å². The summed E-state index contributed by atoms with van der Waals surface area (Å²) in [6, 6.07) is 5.57. The van der Waals surface area contributed by atoms with E-state index in [1.165, 1.54) is 36.4 Å². The number of rotatable bonds is 7. The molecule has 2 fully saturated rings. The second-order valence-corrected chi connectivity index (χ2v) is 12.9. The maximum atomic E-state index is 13.9. The molecule has 14 nitrogen and oxygen atoms in total. The van der Waals surface area contributed by atoms with Crippen molar-refractivity contribution in [1.29, 1.82) is 0 Å². The Morgan fingerprint density at radius 3 is 2.26 bits per heavy atom. The number of anilines is 1. The molecule has 0 aliphatic carbocycles. The number of aliphatic carboxylic acids is 1. The molecule has 2 aromatic carbocycles. The fourth-order valence-corrected chi connectivity index (χ4v) is 6.98. The van der Waals surface area contributed by atoms with E-state index in [9.17, 15) is 52.2 Å². The number of amides is 4. The van der Waals surface area contributed by atoms with E-state index < -0.39 is 75.1 Å². The monoisotopic (exact) mass is 674 g/mol. The van der Waals surface area contributed by atoms with Gasteiger partial charge in [-0.05, 0) is 55.8 Å². The molecule has 0 spiro atoms. The van der Waals surface area contributed by atoms with E-state index in [1.54, 1.807) is 19.2 Å². The van der Waals surface area contributed by atoms with Gasteiger partial charge in [-0.2, -0.15) is 13.2 Å². The number of fused-ring (bicyclic) bond motifs is 1. The smallest absolute Gasteiger partial charge is 0.471 e. The number of carbonyl (C=O) groups excluding carboxylic acids is 4. The lowest BCUT2D eigenvalue weighted by molar-refractivity contribution is -0.167. The van der Waals surface area contributed by atoms with Crippen LogP contribution in [0.4, 0.5) is 18.9 Å². The Bertz CT molecular complexity index is 1850. The average Bonchev–Trinajstić information content (AvgIpc) is 3.26. The zero-order valence-corrected chi connectivity index (χ0v) is 25.1. The number of halogens is 3. The molecular formula is C29H25F3N6O8S. The predicted octanol–water partition coefficient (Wildman–Crippen LogP) is 1.83. The standard InChI is InChI=1S/C29H25F3N6O8S/c1-28(2)19(26(44)45)38-24(43)18(25(38)47-28)37(23(42)17(33)12-5-9-15(39)10-6-12)22(41)16-11-34-20(36-21(16)40)13-3-7-14(8-4-13)35-27(46)29(30,31)32/h3-11,17-19,25,39H,33H2,1-2H3,(H,35,46)(H,44,45)(H,34,36,40)/t17?,18-,19+,25-/m1/s1. The summed E-state index contributed by atoms with van der Waals surface area (Å²) < 4.78 is 36.6. The van der Waals surface area contributed by atoms with Crippen LogP contribution in [-0.2, 0) is 19.2 Å². The molecule has 6 N–H and O–H groups in total. The number of phenolic OH excluding ortho intramolecular Hbond substituents is 1. The van der Waals surface area contributed by atoms with Crippen molar-refractivity contribution in [3.63, 3.8) is 0 Å². The number of thioether (sulfide) groups is 1. The lowest BCUT2D eigenvalue weighted by atomic mass is 9.94. The largest absolute Gasteiger partial charge is 0.508 e. The van der Waals surface area contributed by atoms with Crippen LogP contribution in [0.3, 0.4) is 0 Å². The maximum absolute atomic E-state index is 13.9. The van der Waals surface area contributed by atoms with Crippen LogP contribution >= 0.6 is 11.8 Å². The quantitative estimate of drug-likeness (QED) is 0.228. The van der Waals surface area contributed by atoms with E-state index in [4.69, 9.17) is 5.73 Å². The highest BCUT2D eigenvalue weighted by Gasteiger charge is 2.67. The van der Waals surface area contributed by atoms with Gasteiger partial charge in [-0.15, -0.1) is 11.8 Å². The molecule has 4 amide bonds. The van der Waals surface area contributed by atoms with Crippen LogP contribution in [0.5, 0.6) is 5.75 Å². The minimum atomic E-state index is -5.11. The highest BCUT2D eigenvalue weighted by atomic mass is 32.2. The molecular weight excluding hydrogens is 649 g/mol. The van der Waals surface area contributed by atoms with Crippen LogP contribution in [0.25, 0.3) is 11.4 Å². The Morgan fingerprint density at radius 1 is 1.09 bits per heavy atom. The Kier molecular flexibility index (Phi) is 8.36. The SMILES string of the molecule is CC1(C)S[C@@H]2[C@H](N(C(=O)c3cnc(-c4ccc(NC(=O)C(F)(F)F)cc4)[nH]c3=O)C(=O)C(N)c3ccc(O)cc3)C(=O)N2[C@H]1C(=O)O. The van der Waals surface area contributed by atoms with Crippen molar-refractivity contribution < 1.29 is 47.4 Å². The summed E-state index contributed by atoms with van der Waals surface area (Å²) in [6.07, 6.45) is -4.26. The second-order valence-electron chi connectivity index (χ2n) is 11.1. The Morgan fingerprint density at radius 2 is 1.70 bits per heavy atom. The van der Waals surface area contributed by atoms with Crippen molar-refractivity contribution >= 4 is 47.0 Å². The van der Waals surface area contributed by atoms with Gasteiger partial charge in [0.2, 0.25) is 0 Å². The number of nitrogens with two attached hydrogens (primary N) is 1. The number of nitrogens with zero attached hydrogens (tertiary/aromatic N) is 3. The fourth-order valence-electron chi connectivity index (χ4n) is 5.31. The van der Waals surface area contributed by atoms with Crippen molar-refractivity contribution in [3.05, 3.63) is 76.2 Å². The summed E-state index contributed by atoms with van der Waals surface area (Å²) in [7, 11) is 0. The number of aromatic amines is 1. The van der Waals surface area contributed by atoms with Crippen LogP contribution in [0.1, 0.15) is 35.8 Å². The van der Waals surface area contributed by atoms with Gasteiger partial charge in [0.05, 0.1) is 0 Å². The van der Waals surface area contributed by atoms with Crippen molar-refractivity contribution in [2.24, 2.45) is 5.73 Å². The molecule has 2 aliphatic rings. The van der Waals surface area contributed by atoms with Crippen LogP contribution < -0.4 is 16.6 Å². The van der Waals surface area contributed by atoms with Gasteiger partial charge in [-0.25, -0.2) is 9.78 Å². The first-order valence-electron chi connectivity index (χ1n) is 13.6. The number of H-pyrrole nitrogens is 1. The van der Waals surface area contributed by atoms with Gasteiger partial charge in [-0.3, -0.25) is 28.9 Å². The van der Waals surface area contributed by atoms with Crippen LogP contribution in [0, 0.1) is 0 Å². The number of carboxylic acid groups (broad SMARTS) is 1. The number of hydrogen-bond donors (Lipinski definition) is 5. The molecule has 18 heteroatoms. The average molecular weight is 675 g/mol. The van der Waals surface area contributed by atoms with Crippen molar-refractivity contribution in [2.45, 2.75) is 48.3 Å². The molecule has 5 rings (SSSR count). The molecule has 1 unspecified atom stereocenters. The topological polar surface area (TPSA) is 216 Å². The van der Waals surface area contributed by atoms with Gasteiger partial charge < -0.3 is 31.1 Å². The molecule has 1 aromatic heterocycles. The number of hydrogen-bond acceptors (Lipinski definition) is 10. The van der Waals surface area contributed by atoms with E-state index >= 15 is 0 Å². The van der Waals surface area contributed by atoms with E-state index in [0.717, 1.165) is 35.0 Å². The fraction of sp³-hybridized carbons (Fsp3) is 0.276. The first-order chi connectivity index (χ1) is 21.9. The number of phenols is 1. The molecule has 3 heterocycles. The number of imide groups is 1. The third-order valence-electron chi connectivity index (χ3n) is 7.60. The third-order valence-corrected chi connectivity index (χ3v) is 9.16. The molecule has 2 saturated heterocycles. The lowest BCUT2D eigenvalue weighted by Gasteiger charge is -2.47. The van der Waals surface area contributed by atoms with Gasteiger partial charge in [0.15, 0.2) is 0 Å². The number of nitrogens with one attached hydrogen (secondary N) is 2. The number of aromatic nitrogens is 2. The zero-order valence-electron chi connectivity index (χ0n) is 24.3. The van der Waals surface area contributed by atoms with E-state index in [0.29, 0.717) is 4.90 Å². The summed E-state index contributed by atoms with van der Waals surface area (Å²) in [5.41, 5.74) is 4.63. The molecule has 0 radical (unpaired) electrons. The normalized spacial score (nSPS) is 20.5. The van der Waals surface area contributed by atoms with E-state index in [1.807, 2.05) is 0 Å². The van der Waals surface area contributed by atoms with Gasteiger partial charge in [0.25, 0.3) is 23.3 Å². The molecule has 2 aliphatic heterocycles. The van der Waals surface area contributed by atoms with E-state index in [-0.39, 0.29) is 28.4 Å². The lowest BCUT2D eigenvalue weighted by Crippen LogP contribution is -2.72. The molecule has 4 atom stereocenters. The Labute approximate surface area is 266 Å². The number of carbonyl (C=O) groups is 5. The predicted molar refractivity (Wildman–Crippen MR) is 159 cm³/mol. The first kappa shape index (κ1) is 33.1. The number of benzene rings is 2. The molecule has 3 aromatic rings. The Balaban J connectivity index is 1.47. The van der Waals surface area contributed by atoms with Crippen molar-refractivity contribution in [3.8, 4) is 17.1 Å². The van der Waals surface area contributed by atoms with Gasteiger partial charge in [0, 0.05) is 22.2 Å². The van der Waals surface area contributed by atoms with E-state index in [2.05, 4.69) is 9.97 Å². The van der Waals surface area contributed by atoms with Gasteiger partial charge in [-0.1, -0.05) is 12.1 Å². The van der Waals surface area contributed by atoms with Gasteiger partial charge in [0.1, 0.15) is 40.6 Å². The highest BCUT2D eigenvalue weighted by Crippen LogP contribution is 2.52. The molecule has 47 heavy (non-hydrogen) atoms. The summed E-state index contributed by atoms with van der Waals surface area (Å²) in [5.74, 6) is -6.90. The molecule has 0 saturated carbocycles. The van der Waals surface area contributed by atoms with Crippen molar-refractivity contribution in [2.75, 3.05) is 5.32 Å². The second kappa shape index (κ2) is 11.8. The summed E-state index contributed by atoms with van der Waals surface area (Å²) >= 11 is 1.06. The van der Waals surface area contributed by atoms with Crippen molar-refractivity contribution in [1.82, 2.24) is 19.8 Å². The third kappa shape index (κ3) is 6.03. The number of alkyl halides is 3. The van der Waals surface area contributed by atoms with Gasteiger partial charge >= 0.3 is 18.1 Å². The number of aromatic hydroxyl groups is 1. The molecule has 0 bridgehead atoms. The minimum Gasteiger partial charge on any atom is -0.508 e.